The van der Waals surface area contributed by atoms with Crippen LogP contribution in [0.25, 0.3) is 10.8 Å². The lowest BCUT2D eigenvalue weighted by Crippen LogP contribution is -2.45. The summed E-state index contributed by atoms with van der Waals surface area (Å²) in [6.45, 7) is 2.03. The van der Waals surface area contributed by atoms with Gasteiger partial charge in [0.1, 0.15) is 5.75 Å². The molecule has 33 heavy (non-hydrogen) atoms. The summed E-state index contributed by atoms with van der Waals surface area (Å²) in [5, 5.41) is 8.77. The van der Waals surface area contributed by atoms with Gasteiger partial charge in [-0.1, -0.05) is 78.9 Å². The molecule has 0 saturated carbocycles. The average molecular weight is 437 g/mol. The fourth-order valence-corrected chi connectivity index (χ4v) is 5.08. The van der Waals surface area contributed by atoms with Crippen molar-refractivity contribution in [2.45, 2.75) is 31.3 Å². The van der Waals surface area contributed by atoms with Crippen molar-refractivity contribution in [3.63, 3.8) is 0 Å². The van der Waals surface area contributed by atoms with E-state index >= 15 is 0 Å². The van der Waals surface area contributed by atoms with E-state index in [0.717, 1.165) is 23.1 Å². The maximum absolute atomic E-state index is 13.1. The van der Waals surface area contributed by atoms with Crippen molar-refractivity contribution in [2.75, 3.05) is 7.11 Å². The van der Waals surface area contributed by atoms with Gasteiger partial charge >= 0.3 is 6.03 Å². The molecule has 5 rings (SSSR count). The number of benzene rings is 4. The maximum atomic E-state index is 13.1. The van der Waals surface area contributed by atoms with Crippen LogP contribution in [0, 0.1) is 0 Å². The van der Waals surface area contributed by atoms with E-state index in [4.69, 9.17) is 4.74 Å². The Morgan fingerprint density at radius 2 is 1.70 bits per heavy atom. The van der Waals surface area contributed by atoms with Crippen molar-refractivity contribution in [3.8, 4) is 5.75 Å². The predicted octanol–water partition coefficient (Wildman–Crippen LogP) is 5.97. The van der Waals surface area contributed by atoms with Gasteiger partial charge in [0.2, 0.25) is 0 Å². The molecule has 1 aliphatic rings. The van der Waals surface area contributed by atoms with Crippen LogP contribution in [0.2, 0.25) is 0 Å². The van der Waals surface area contributed by atoms with E-state index in [1.54, 1.807) is 7.11 Å². The molecule has 3 atom stereocenters. The maximum Gasteiger partial charge on any atom is 0.315 e. The Morgan fingerprint density at radius 3 is 2.52 bits per heavy atom. The zero-order chi connectivity index (χ0) is 22.8. The number of hydrogen-bond donors (Lipinski definition) is 2. The Hall–Kier alpha value is -3.79. The Balaban J connectivity index is 1.37. The summed E-state index contributed by atoms with van der Waals surface area (Å²) in [7, 11) is 1.68. The highest BCUT2D eigenvalue weighted by molar-refractivity contribution is 5.86. The molecular formula is C29H28N2O2. The first-order valence-corrected chi connectivity index (χ1v) is 11.4. The third-order valence-corrected chi connectivity index (χ3v) is 6.64. The highest BCUT2D eigenvalue weighted by Gasteiger charge is 2.35. The number of methoxy groups -OCH3 is 1. The molecule has 4 aromatic rings. The van der Waals surface area contributed by atoms with Crippen LogP contribution in [0.3, 0.4) is 0 Å². The molecule has 1 aliphatic carbocycles. The molecule has 4 nitrogen and oxygen atoms in total. The van der Waals surface area contributed by atoms with Gasteiger partial charge in [0.15, 0.2) is 0 Å². The third kappa shape index (κ3) is 4.17. The summed E-state index contributed by atoms with van der Waals surface area (Å²) < 4.78 is 5.43. The lowest BCUT2D eigenvalue weighted by molar-refractivity contribution is 0.233. The van der Waals surface area contributed by atoms with Gasteiger partial charge in [0.25, 0.3) is 0 Å². The predicted molar refractivity (Wildman–Crippen MR) is 133 cm³/mol. The van der Waals surface area contributed by atoms with Gasteiger partial charge in [-0.05, 0) is 58.5 Å². The third-order valence-electron chi connectivity index (χ3n) is 6.64. The van der Waals surface area contributed by atoms with Crippen molar-refractivity contribution in [2.24, 2.45) is 0 Å². The van der Waals surface area contributed by atoms with Crippen LogP contribution in [0.5, 0.6) is 5.75 Å². The minimum absolute atomic E-state index is 0.0331. The summed E-state index contributed by atoms with van der Waals surface area (Å²) in [6, 6.07) is 30.8. The van der Waals surface area contributed by atoms with Gasteiger partial charge in [-0.15, -0.1) is 0 Å². The standard InChI is InChI=1S/C29H28N2O2/c1-19(24-14-8-12-20-9-6-7-13-25(20)24)30-29(32)31-27-18-22-17-23(33-2)15-16-26(22)28(27)21-10-4-3-5-11-21/h3-17,19,27-28H,18H2,1-2H3,(H2,30,31,32)/t19-,27+,28+/m1/s1. The van der Waals surface area contributed by atoms with Gasteiger partial charge in [0, 0.05) is 12.0 Å². The molecule has 166 valence electrons. The summed E-state index contributed by atoms with van der Waals surface area (Å²) in [5.74, 6) is 0.945. The summed E-state index contributed by atoms with van der Waals surface area (Å²) in [4.78, 5) is 13.1. The normalized spacial score (nSPS) is 17.9. The Bertz CT molecular complexity index is 1280. The minimum Gasteiger partial charge on any atom is -0.497 e. The largest absolute Gasteiger partial charge is 0.497 e. The number of carbonyl (C=O) groups is 1. The van der Waals surface area contributed by atoms with E-state index < -0.39 is 0 Å². The second-order valence-corrected chi connectivity index (χ2v) is 8.67. The van der Waals surface area contributed by atoms with E-state index in [1.807, 2.05) is 37.3 Å². The zero-order valence-corrected chi connectivity index (χ0v) is 18.9. The summed E-state index contributed by atoms with van der Waals surface area (Å²) in [6.07, 6.45) is 0.766. The molecule has 0 heterocycles. The second-order valence-electron chi connectivity index (χ2n) is 8.67. The topological polar surface area (TPSA) is 50.4 Å². The lowest BCUT2D eigenvalue weighted by Gasteiger charge is -2.24. The SMILES string of the molecule is COc1ccc2c(c1)C[C@H](NC(=O)N[C@H](C)c1cccc3ccccc13)[C@H]2c1ccccc1. The molecule has 0 aliphatic heterocycles. The summed E-state index contributed by atoms with van der Waals surface area (Å²) in [5.41, 5.74) is 4.78. The summed E-state index contributed by atoms with van der Waals surface area (Å²) >= 11 is 0. The molecule has 0 radical (unpaired) electrons. The van der Waals surface area contributed by atoms with Crippen LogP contribution in [-0.4, -0.2) is 19.2 Å². The lowest BCUT2D eigenvalue weighted by atomic mass is 9.90. The van der Waals surface area contributed by atoms with Crippen LogP contribution >= 0.6 is 0 Å². The average Bonchev–Trinajstić information content (AvgIpc) is 3.20. The van der Waals surface area contributed by atoms with Crippen molar-refractivity contribution in [3.05, 3.63) is 113 Å². The number of fused-ring (bicyclic) bond motifs is 2. The number of hydrogen-bond acceptors (Lipinski definition) is 2. The van der Waals surface area contributed by atoms with Crippen LogP contribution < -0.4 is 15.4 Å². The molecule has 2 amide bonds. The number of rotatable bonds is 5. The monoisotopic (exact) mass is 436 g/mol. The highest BCUT2D eigenvalue weighted by Crippen LogP contribution is 2.40. The van der Waals surface area contributed by atoms with Crippen molar-refractivity contribution in [1.82, 2.24) is 10.6 Å². The molecule has 0 aromatic heterocycles. The number of nitrogens with one attached hydrogen (secondary N) is 2. The van der Waals surface area contributed by atoms with Gasteiger partial charge < -0.3 is 15.4 Å². The molecule has 0 spiro atoms. The van der Waals surface area contributed by atoms with Crippen molar-refractivity contribution >= 4 is 16.8 Å². The first-order chi connectivity index (χ1) is 16.1. The van der Waals surface area contributed by atoms with E-state index in [2.05, 4.69) is 71.3 Å². The molecule has 0 saturated heterocycles. The van der Waals surface area contributed by atoms with E-state index in [-0.39, 0.29) is 24.0 Å². The number of urea groups is 1. The second kappa shape index (κ2) is 8.99. The molecular weight excluding hydrogens is 408 g/mol. The zero-order valence-electron chi connectivity index (χ0n) is 18.9. The highest BCUT2D eigenvalue weighted by atomic mass is 16.5. The smallest absolute Gasteiger partial charge is 0.315 e. The Morgan fingerprint density at radius 1 is 0.939 bits per heavy atom. The number of ether oxygens (including phenoxy) is 1. The van der Waals surface area contributed by atoms with Gasteiger partial charge in [-0.2, -0.15) is 0 Å². The fraction of sp³-hybridized carbons (Fsp3) is 0.207. The van der Waals surface area contributed by atoms with Crippen molar-refractivity contribution in [1.29, 1.82) is 0 Å². The molecule has 0 fully saturated rings. The van der Waals surface area contributed by atoms with Gasteiger partial charge in [-0.3, -0.25) is 0 Å². The van der Waals surface area contributed by atoms with E-state index in [9.17, 15) is 4.79 Å². The molecule has 4 heteroatoms. The Kier molecular flexibility index (Phi) is 5.74. The first-order valence-electron chi connectivity index (χ1n) is 11.4. The first kappa shape index (κ1) is 21.1. The molecule has 0 unspecified atom stereocenters. The quantitative estimate of drug-likeness (QED) is 0.405. The van der Waals surface area contributed by atoms with Crippen LogP contribution in [-0.2, 0) is 6.42 Å². The van der Waals surface area contributed by atoms with Gasteiger partial charge in [0.05, 0.1) is 13.2 Å². The van der Waals surface area contributed by atoms with Crippen LogP contribution in [0.15, 0.2) is 91.0 Å². The molecule has 2 N–H and O–H groups in total. The van der Waals surface area contributed by atoms with Crippen LogP contribution in [0.1, 0.15) is 41.1 Å². The molecule has 0 bridgehead atoms. The van der Waals surface area contributed by atoms with Crippen molar-refractivity contribution < 1.29 is 9.53 Å². The fourth-order valence-electron chi connectivity index (χ4n) is 5.08. The number of carbonyl (C=O) groups excluding carboxylic acids is 1. The Labute approximate surface area is 194 Å². The molecule has 4 aromatic carbocycles. The van der Waals surface area contributed by atoms with Gasteiger partial charge in [-0.25, -0.2) is 4.79 Å². The van der Waals surface area contributed by atoms with Crippen LogP contribution in [0.4, 0.5) is 4.79 Å². The van der Waals surface area contributed by atoms with E-state index in [0.29, 0.717) is 0 Å². The number of amides is 2. The minimum atomic E-state index is -0.152. The van der Waals surface area contributed by atoms with E-state index in [1.165, 1.54) is 22.1 Å².